The Bertz CT molecular complexity index is 684. The number of para-hydroxylation sites is 1. The van der Waals surface area contributed by atoms with E-state index < -0.39 is 0 Å². The predicted octanol–water partition coefficient (Wildman–Crippen LogP) is 2.27. The second-order valence-corrected chi connectivity index (χ2v) is 5.49. The lowest BCUT2D eigenvalue weighted by Crippen LogP contribution is -2.20. The van der Waals surface area contributed by atoms with Gasteiger partial charge in [0, 0.05) is 24.7 Å². The van der Waals surface area contributed by atoms with Crippen molar-refractivity contribution in [3.8, 4) is 5.75 Å². The van der Waals surface area contributed by atoms with Crippen molar-refractivity contribution in [2.75, 3.05) is 30.4 Å². The number of hydrogen-bond acceptors (Lipinski definition) is 5. The fraction of sp³-hybridized carbons (Fsp3) is 0.353. The Balaban J connectivity index is 1.67. The van der Waals surface area contributed by atoms with Crippen molar-refractivity contribution in [2.24, 2.45) is 0 Å². The van der Waals surface area contributed by atoms with Crippen molar-refractivity contribution in [1.82, 2.24) is 9.97 Å². The lowest BCUT2D eigenvalue weighted by molar-refractivity contribution is -0.115. The van der Waals surface area contributed by atoms with Gasteiger partial charge >= 0.3 is 0 Å². The number of ether oxygens (including phenoxy) is 1. The molecule has 2 aromatic rings. The third-order valence-electron chi connectivity index (χ3n) is 3.89. The molecule has 1 N–H and O–H groups in total. The minimum Gasteiger partial charge on any atom is -0.496 e. The first kappa shape index (κ1) is 15.3. The van der Waals surface area contributed by atoms with Gasteiger partial charge in [0.1, 0.15) is 23.7 Å². The van der Waals surface area contributed by atoms with Crippen LogP contribution in [0.4, 0.5) is 11.6 Å². The van der Waals surface area contributed by atoms with Gasteiger partial charge in [-0.15, -0.1) is 0 Å². The molecule has 23 heavy (non-hydrogen) atoms. The van der Waals surface area contributed by atoms with Crippen molar-refractivity contribution >= 4 is 17.5 Å². The van der Waals surface area contributed by atoms with E-state index in [-0.39, 0.29) is 12.3 Å². The van der Waals surface area contributed by atoms with E-state index in [0.29, 0.717) is 11.6 Å². The fourth-order valence-electron chi connectivity index (χ4n) is 2.74. The van der Waals surface area contributed by atoms with Crippen LogP contribution in [0, 0.1) is 0 Å². The average Bonchev–Trinajstić information content (AvgIpc) is 3.10. The monoisotopic (exact) mass is 312 g/mol. The standard InChI is InChI=1S/C17H20N4O2/c1-23-14-7-3-2-6-13(14)10-17(22)20-15-11-16(19-12-18-15)21-8-4-5-9-21/h2-3,6-7,11-12H,4-5,8-10H2,1H3,(H,18,19,20,22). The van der Waals surface area contributed by atoms with Crippen LogP contribution in [0.5, 0.6) is 5.75 Å². The number of methoxy groups -OCH3 is 1. The maximum Gasteiger partial charge on any atom is 0.230 e. The van der Waals surface area contributed by atoms with E-state index >= 15 is 0 Å². The van der Waals surface area contributed by atoms with Crippen LogP contribution in [-0.4, -0.2) is 36.1 Å². The number of aromatic nitrogens is 2. The zero-order chi connectivity index (χ0) is 16.1. The molecule has 1 aliphatic heterocycles. The first-order valence-electron chi connectivity index (χ1n) is 7.75. The molecule has 120 valence electrons. The molecule has 2 heterocycles. The maximum atomic E-state index is 12.2. The highest BCUT2D eigenvalue weighted by molar-refractivity contribution is 5.92. The number of rotatable bonds is 5. The highest BCUT2D eigenvalue weighted by Gasteiger charge is 2.15. The molecule has 1 aromatic heterocycles. The number of benzene rings is 1. The molecule has 0 bridgehead atoms. The van der Waals surface area contributed by atoms with Gasteiger partial charge in [0.05, 0.1) is 13.5 Å². The SMILES string of the molecule is COc1ccccc1CC(=O)Nc1cc(N2CCCC2)ncn1. The first-order chi connectivity index (χ1) is 11.3. The summed E-state index contributed by atoms with van der Waals surface area (Å²) in [5, 5.41) is 2.83. The van der Waals surface area contributed by atoms with E-state index in [9.17, 15) is 4.79 Å². The number of hydrogen-bond donors (Lipinski definition) is 1. The number of anilines is 2. The molecule has 0 spiro atoms. The van der Waals surface area contributed by atoms with Crippen LogP contribution in [-0.2, 0) is 11.2 Å². The zero-order valence-electron chi connectivity index (χ0n) is 13.2. The van der Waals surface area contributed by atoms with Crippen molar-refractivity contribution in [3.63, 3.8) is 0 Å². The number of carbonyl (C=O) groups excluding carboxylic acids is 1. The van der Waals surface area contributed by atoms with Gasteiger partial charge in [0.25, 0.3) is 0 Å². The Labute approximate surface area is 135 Å². The van der Waals surface area contributed by atoms with Crippen molar-refractivity contribution in [1.29, 1.82) is 0 Å². The number of carbonyl (C=O) groups is 1. The molecule has 0 atom stereocenters. The molecule has 0 radical (unpaired) electrons. The molecular weight excluding hydrogens is 292 g/mol. The molecule has 0 unspecified atom stereocenters. The van der Waals surface area contributed by atoms with Gasteiger partial charge < -0.3 is 15.0 Å². The van der Waals surface area contributed by atoms with Gasteiger partial charge in [-0.2, -0.15) is 0 Å². The van der Waals surface area contributed by atoms with Gasteiger partial charge in [0.2, 0.25) is 5.91 Å². The summed E-state index contributed by atoms with van der Waals surface area (Å²) in [6.45, 7) is 2.01. The Hall–Kier alpha value is -2.63. The third kappa shape index (κ3) is 3.77. The van der Waals surface area contributed by atoms with Crippen LogP contribution < -0.4 is 15.0 Å². The fourth-order valence-corrected chi connectivity index (χ4v) is 2.74. The maximum absolute atomic E-state index is 12.2. The quantitative estimate of drug-likeness (QED) is 0.917. The summed E-state index contributed by atoms with van der Waals surface area (Å²) in [6, 6.07) is 9.33. The second kappa shape index (κ2) is 7.09. The predicted molar refractivity (Wildman–Crippen MR) is 88.8 cm³/mol. The minimum absolute atomic E-state index is 0.124. The summed E-state index contributed by atoms with van der Waals surface area (Å²) in [5.74, 6) is 1.98. The summed E-state index contributed by atoms with van der Waals surface area (Å²) in [7, 11) is 1.60. The molecule has 1 aliphatic rings. The van der Waals surface area contributed by atoms with Crippen molar-refractivity contribution < 1.29 is 9.53 Å². The zero-order valence-corrected chi connectivity index (χ0v) is 13.2. The van der Waals surface area contributed by atoms with Gasteiger partial charge in [-0.1, -0.05) is 18.2 Å². The van der Waals surface area contributed by atoms with E-state index in [2.05, 4.69) is 20.2 Å². The topological polar surface area (TPSA) is 67.3 Å². The summed E-state index contributed by atoms with van der Waals surface area (Å²) < 4.78 is 5.27. The van der Waals surface area contributed by atoms with E-state index in [0.717, 1.165) is 24.5 Å². The molecule has 1 aromatic carbocycles. The Morgan fingerprint density at radius 3 is 2.83 bits per heavy atom. The van der Waals surface area contributed by atoms with E-state index in [1.165, 1.54) is 19.2 Å². The minimum atomic E-state index is -0.124. The van der Waals surface area contributed by atoms with Crippen LogP contribution in [0.2, 0.25) is 0 Å². The molecule has 6 heteroatoms. The molecule has 1 fully saturated rings. The molecular formula is C17H20N4O2. The molecule has 1 amide bonds. The highest BCUT2D eigenvalue weighted by Crippen LogP contribution is 2.20. The van der Waals surface area contributed by atoms with Crippen LogP contribution >= 0.6 is 0 Å². The van der Waals surface area contributed by atoms with Crippen LogP contribution in [0.1, 0.15) is 18.4 Å². The third-order valence-corrected chi connectivity index (χ3v) is 3.89. The summed E-state index contributed by atoms with van der Waals surface area (Å²) >= 11 is 0. The van der Waals surface area contributed by atoms with Crippen molar-refractivity contribution in [2.45, 2.75) is 19.3 Å². The number of nitrogens with one attached hydrogen (secondary N) is 1. The first-order valence-corrected chi connectivity index (χ1v) is 7.75. The Morgan fingerprint density at radius 2 is 2.04 bits per heavy atom. The van der Waals surface area contributed by atoms with Crippen molar-refractivity contribution in [3.05, 3.63) is 42.2 Å². The van der Waals surface area contributed by atoms with Gasteiger partial charge in [-0.05, 0) is 18.9 Å². The van der Waals surface area contributed by atoms with Crippen LogP contribution in [0.15, 0.2) is 36.7 Å². The highest BCUT2D eigenvalue weighted by atomic mass is 16.5. The van der Waals surface area contributed by atoms with Crippen LogP contribution in [0.3, 0.4) is 0 Å². The molecule has 0 saturated carbocycles. The van der Waals surface area contributed by atoms with Gasteiger partial charge in [0.15, 0.2) is 0 Å². The van der Waals surface area contributed by atoms with E-state index in [4.69, 9.17) is 4.74 Å². The molecule has 3 rings (SSSR count). The molecule has 0 aliphatic carbocycles. The smallest absolute Gasteiger partial charge is 0.230 e. The van der Waals surface area contributed by atoms with Gasteiger partial charge in [-0.3, -0.25) is 4.79 Å². The van der Waals surface area contributed by atoms with Gasteiger partial charge in [-0.25, -0.2) is 9.97 Å². The summed E-state index contributed by atoms with van der Waals surface area (Å²) in [4.78, 5) is 22.9. The molecule has 1 saturated heterocycles. The van der Waals surface area contributed by atoms with E-state index in [1.807, 2.05) is 30.3 Å². The summed E-state index contributed by atoms with van der Waals surface area (Å²) in [6.07, 6.45) is 4.10. The van der Waals surface area contributed by atoms with Crippen LogP contribution in [0.25, 0.3) is 0 Å². The lowest BCUT2D eigenvalue weighted by Gasteiger charge is -2.16. The second-order valence-electron chi connectivity index (χ2n) is 5.49. The Kier molecular flexibility index (Phi) is 4.71. The summed E-state index contributed by atoms with van der Waals surface area (Å²) in [5.41, 5.74) is 0.848. The van der Waals surface area contributed by atoms with E-state index in [1.54, 1.807) is 7.11 Å². The normalized spacial score (nSPS) is 13.9. The number of amides is 1. The lowest BCUT2D eigenvalue weighted by atomic mass is 10.1. The average molecular weight is 312 g/mol. The largest absolute Gasteiger partial charge is 0.496 e. The number of nitrogens with zero attached hydrogens (tertiary/aromatic N) is 3. The Morgan fingerprint density at radius 1 is 1.26 bits per heavy atom. The molecule has 6 nitrogen and oxygen atoms in total.